The lowest BCUT2D eigenvalue weighted by atomic mass is 10.1. The second-order valence-electron chi connectivity index (χ2n) is 8.59. The van der Waals surface area contributed by atoms with Crippen molar-refractivity contribution in [1.29, 1.82) is 0 Å². The molecule has 0 saturated heterocycles. The van der Waals surface area contributed by atoms with Gasteiger partial charge in [0.1, 0.15) is 0 Å². The molecule has 4 heteroatoms. The van der Waals surface area contributed by atoms with Crippen molar-refractivity contribution in [2.24, 2.45) is 0 Å². The minimum absolute atomic E-state index is 1.30. The molecule has 0 atom stereocenters. The summed E-state index contributed by atoms with van der Waals surface area (Å²) in [4.78, 5) is 2.68. The zero-order valence-electron chi connectivity index (χ0n) is 17.9. The first-order valence-corrected chi connectivity index (χ1v) is 14.4. The molecular weight excluding hydrogens is 489 g/mol. The summed E-state index contributed by atoms with van der Waals surface area (Å²) in [7, 11) is 0. The first-order valence-electron chi connectivity index (χ1n) is 11.2. The van der Waals surface area contributed by atoms with Crippen molar-refractivity contribution in [2.75, 3.05) is 0 Å². The van der Waals surface area contributed by atoms with Gasteiger partial charge in [0.25, 0.3) is 0 Å². The van der Waals surface area contributed by atoms with Gasteiger partial charge in [-0.3, -0.25) is 0 Å². The Bertz CT molecular complexity index is 1850. The van der Waals surface area contributed by atoms with Crippen molar-refractivity contribution in [2.45, 2.75) is 0 Å². The second-order valence-corrected chi connectivity index (χ2v) is 13.1. The molecule has 34 heavy (non-hydrogen) atoms. The van der Waals surface area contributed by atoms with E-state index in [1.165, 1.54) is 70.6 Å². The first-order chi connectivity index (χ1) is 16.8. The number of rotatable bonds is 2. The fourth-order valence-electron chi connectivity index (χ4n) is 4.87. The Kier molecular flexibility index (Phi) is 4.11. The zero-order chi connectivity index (χ0) is 22.2. The van der Waals surface area contributed by atoms with Gasteiger partial charge in [0, 0.05) is 44.7 Å². The molecule has 0 bridgehead atoms. The average molecular weight is 505 g/mol. The maximum Gasteiger partial charge on any atom is 0.0890 e. The molecule has 0 aliphatic heterocycles. The van der Waals surface area contributed by atoms with Crippen LogP contribution in [0, 0.1) is 0 Å². The summed E-state index contributed by atoms with van der Waals surface area (Å²) in [5.41, 5.74) is 2.60. The van der Waals surface area contributed by atoms with Gasteiger partial charge >= 0.3 is 0 Å². The first kappa shape index (κ1) is 19.3. The molecular formula is C30H16S4. The third-order valence-electron chi connectivity index (χ3n) is 6.50. The Balaban J connectivity index is 1.35. The zero-order valence-corrected chi connectivity index (χ0v) is 21.1. The Morgan fingerprint density at radius 2 is 0.882 bits per heavy atom. The van der Waals surface area contributed by atoms with Gasteiger partial charge in [-0.25, -0.2) is 0 Å². The Morgan fingerprint density at radius 1 is 0.412 bits per heavy atom. The van der Waals surface area contributed by atoms with Gasteiger partial charge in [0.15, 0.2) is 0 Å². The summed E-state index contributed by atoms with van der Waals surface area (Å²) in [5.74, 6) is 0. The summed E-state index contributed by atoms with van der Waals surface area (Å²) >= 11 is 7.68. The summed E-state index contributed by atoms with van der Waals surface area (Å²) in [6.07, 6.45) is 0. The minimum atomic E-state index is 1.30. The van der Waals surface area contributed by atoms with E-state index >= 15 is 0 Å². The molecule has 0 aliphatic carbocycles. The Labute approximate surface area is 212 Å². The standard InChI is InChI=1S/C30H16S4/c1-3-7-17(8-4-1)23-11-19-13-27-21(15-25(19)31-23)29-22-16-26-20(14-28(22)34-30(29)33-27)12-24(32-26)18-9-5-2-6-10-18/h1-16H. The second kappa shape index (κ2) is 7.24. The van der Waals surface area contributed by atoms with Crippen LogP contribution in [0.15, 0.2) is 97.1 Å². The van der Waals surface area contributed by atoms with E-state index in [1.807, 2.05) is 45.3 Å². The van der Waals surface area contributed by atoms with Crippen LogP contribution < -0.4 is 0 Å². The molecule has 0 spiro atoms. The van der Waals surface area contributed by atoms with Gasteiger partial charge in [-0.15, -0.1) is 45.3 Å². The number of fused-ring (bicyclic) bond motifs is 7. The molecule has 0 saturated carbocycles. The van der Waals surface area contributed by atoms with Crippen molar-refractivity contribution in [3.05, 3.63) is 97.1 Å². The summed E-state index contributed by atoms with van der Waals surface area (Å²) in [5, 5.41) is 6.94. The SMILES string of the molecule is c1ccc(-c2cc3cc4sc5sc6cc7cc(-c8ccccc8)sc7cc6c5c4cc3s2)cc1. The summed E-state index contributed by atoms with van der Waals surface area (Å²) < 4.78 is 6.96. The molecule has 0 nitrogen and oxygen atoms in total. The van der Waals surface area contributed by atoms with E-state index in [0.717, 1.165) is 0 Å². The van der Waals surface area contributed by atoms with Crippen molar-refractivity contribution in [1.82, 2.24) is 0 Å². The molecule has 8 aromatic rings. The van der Waals surface area contributed by atoms with Crippen molar-refractivity contribution in [3.63, 3.8) is 0 Å². The number of benzene rings is 4. The van der Waals surface area contributed by atoms with Crippen LogP contribution in [0.5, 0.6) is 0 Å². The molecule has 4 heterocycles. The minimum Gasteiger partial charge on any atom is -0.135 e. The van der Waals surface area contributed by atoms with Crippen molar-refractivity contribution < 1.29 is 0 Å². The molecule has 4 aromatic carbocycles. The van der Waals surface area contributed by atoms with Gasteiger partial charge < -0.3 is 0 Å². The monoisotopic (exact) mass is 504 g/mol. The molecule has 0 N–H and O–H groups in total. The molecule has 0 aliphatic rings. The van der Waals surface area contributed by atoms with Crippen LogP contribution in [0.1, 0.15) is 0 Å². The highest BCUT2D eigenvalue weighted by Crippen LogP contribution is 2.48. The van der Waals surface area contributed by atoms with Gasteiger partial charge in [-0.2, -0.15) is 0 Å². The van der Waals surface area contributed by atoms with Crippen LogP contribution in [0.3, 0.4) is 0 Å². The van der Waals surface area contributed by atoms with Crippen LogP contribution >= 0.6 is 45.3 Å². The number of hydrogen-bond donors (Lipinski definition) is 0. The molecule has 0 fully saturated rings. The van der Waals surface area contributed by atoms with Crippen LogP contribution in [-0.4, -0.2) is 0 Å². The Hall–Kier alpha value is -3.02. The normalized spacial score (nSPS) is 12.1. The highest BCUT2D eigenvalue weighted by molar-refractivity contribution is 7.44. The van der Waals surface area contributed by atoms with E-state index in [-0.39, 0.29) is 0 Å². The van der Waals surface area contributed by atoms with E-state index in [4.69, 9.17) is 0 Å². The average Bonchev–Trinajstić information content (AvgIpc) is 3.63. The fourth-order valence-corrected chi connectivity index (χ4v) is 9.71. The van der Waals surface area contributed by atoms with Gasteiger partial charge in [0.05, 0.1) is 4.01 Å². The predicted octanol–water partition coefficient (Wildman–Crippen LogP) is 11.0. The van der Waals surface area contributed by atoms with Crippen LogP contribution in [-0.2, 0) is 0 Å². The van der Waals surface area contributed by atoms with Crippen LogP contribution in [0.4, 0.5) is 0 Å². The van der Waals surface area contributed by atoms with Crippen LogP contribution in [0.25, 0.3) is 70.6 Å². The third kappa shape index (κ3) is 2.87. The third-order valence-corrected chi connectivity index (χ3v) is 11.2. The maximum atomic E-state index is 2.43. The molecule has 160 valence electrons. The number of hydrogen-bond acceptors (Lipinski definition) is 4. The topological polar surface area (TPSA) is 0 Å². The van der Waals surface area contributed by atoms with Crippen LogP contribution in [0.2, 0.25) is 0 Å². The molecule has 0 unspecified atom stereocenters. The fraction of sp³-hybridized carbons (Fsp3) is 0. The molecule has 0 radical (unpaired) electrons. The van der Waals surface area contributed by atoms with Gasteiger partial charge in [0.2, 0.25) is 0 Å². The van der Waals surface area contributed by atoms with E-state index in [1.54, 1.807) is 0 Å². The lowest BCUT2D eigenvalue weighted by Crippen LogP contribution is -1.68. The van der Waals surface area contributed by atoms with Gasteiger partial charge in [-0.05, 0) is 58.3 Å². The van der Waals surface area contributed by atoms with Crippen molar-refractivity contribution >= 4 is 95.1 Å². The highest BCUT2D eigenvalue weighted by Gasteiger charge is 2.16. The molecule has 4 aromatic heterocycles. The molecule has 8 rings (SSSR count). The highest BCUT2D eigenvalue weighted by atomic mass is 32.2. The van der Waals surface area contributed by atoms with Crippen molar-refractivity contribution in [3.8, 4) is 20.9 Å². The quantitative estimate of drug-likeness (QED) is 0.220. The lowest BCUT2D eigenvalue weighted by Gasteiger charge is -1.95. The lowest BCUT2D eigenvalue weighted by molar-refractivity contribution is 1.70. The Morgan fingerprint density at radius 3 is 1.35 bits per heavy atom. The van der Waals surface area contributed by atoms with E-state index in [2.05, 4.69) is 97.1 Å². The van der Waals surface area contributed by atoms with E-state index < -0.39 is 0 Å². The molecule has 0 amide bonds. The smallest absolute Gasteiger partial charge is 0.0890 e. The number of thiophene rings is 4. The maximum absolute atomic E-state index is 2.43. The summed E-state index contributed by atoms with van der Waals surface area (Å²) in [6, 6.07) is 35.8. The largest absolute Gasteiger partial charge is 0.135 e. The van der Waals surface area contributed by atoms with E-state index in [0.29, 0.717) is 0 Å². The van der Waals surface area contributed by atoms with E-state index in [9.17, 15) is 0 Å². The van der Waals surface area contributed by atoms with Gasteiger partial charge in [-0.1, -0.05) is 60.7 Å². The predicted molar refractivity (Wildman–Crippen MR) is 156 cm³/mol. The summed E-state index contributed by atoms with van der Waals surface area (Å²) in [6.45, 7) is 0.